The lowest BCUT2D eigenvalue weighted by molar-refractivity contribution is 0.350. The van der Waals surface area contributed by atoms with Gasteiger partial charge >= 0.3 is 0 Å². The zero-order chi connectivity index (χ0) is 42.6. The van der Waals surface area contributed by atoms with Gasteiger partial charge in [0, 0.05) is 33.6 Å². The summed E-state index contributed by atoms with van der Waals surface area (Å²) < 4.78 is 0. The summed E-state index contributed by atoms with van der Waals surface area (Å²) in [5.41, 5.74) is 21.3. The zero-order valence-electron chi connectivity index (χ0n) is 36.5. The number of para-hydroxylation sites is 2. The second-order valence-electron chi connectivity index (χ2n) is 19.2. The lowest BCUT2D eigenvalue weighted by Crippen LogP contribution is -2.34. The molecule has 4 aliphatic carbocycles. The van der Waals surface area contributed by atoms with E-state index in [1.165, 1.54) is 108 Å². The van der Waals surface area contributed by atoms with Gasteiger partial charge in [0.05, 0.1) is 11.4 Å². The highest BCUT2D eigenvalue weighted by Gasteiger charge is 2.62. The Hall–Kier alpha value is -7.16. The number of rotatable bonds is 7. The molecular formula is C62H50N2. The summed E-state index contributed by atoms with van der Waals surface area (Å²) >= 11 is 0. The quantitative estimate of drug-likeness (QED) is 0.158. The van der Waals surface area contributed by atoms with Gasteiger partial charge in [-0.2, -0.15) is 0 Å². The molecule has 13 rings (SSSR count). The van der Waals surface area contributed by atoms with Gasteiger partial charge in [-0.25, -0.2) is 0 Å². The van der Waals surface area contributed by atoms with Crippen molar-refractivity contribution in [3.8, 4) is 22.3 Å². The molecule has 9 aromatic carbocycles. The number of fused-ring (bicyclic) bond motifs is 6. The second kappa shape index (κ2) is 14.2. The molecule has 1 saturated carbocycles. The molecule has 4 aliphatic rings. The Morgan fingerprint density at radius 1 is 0.391 bits per heavy atom. The summed E-state index contributed by atoms with van der Waals surface area (Å²) in [5.74, 6) is 1.05. The molecule has 2 heteroatoms. The number of anilines is 6. The van der Waals surface area contributed by atoms with Crippen LogP contribution < -0.4 is 9.80 Å². The summed E-state index contributed by atoms with van der Waals surface area (Å²) in [6, 6.07) is 77.7. The van der Waals surface area contributed by atoms with Gasteiger partial charge in [-0.15, -0.1) is 0 Å². The Kier molecular flexibility index (Phi) is 8.28. The van der Waals surface area contributed by atoms with Crippen LogP contribution in [0.1, 0.15) is 60.1 Å². The molecule has 3 unspecified atom stereocenters. The number of nitrogens with zero attached hydrogens (tertiary/aromatic N) is 2. The van der Waals surface area contributed by atoms with Crippen LogP contribution in [0.5, 0.6) is 0 Å². The van der Waals surface area contributed by atoms with E-state index in [0.29, 0.717) is 11.8 Å². The van der Waals surface area contributed by atoms with E-state index in [9.17, 15) is 0 Å². The van der Waals surface area contributed by atoms with Gasteiger partial charge < -0.3 is 9.80 Å². The SMILES string of the molecule is CC1(C)c2ccccc2-c2ccc(N(c3ccccc3)c3cccc4c3C35c6c(cccc6N(c6ccccc6)c6ccc(-c7ccc8ccccc8c7)cc6)CC3CCC5C4)cc21. The fourth-order valence-corrected chi connectivity index (χ4v) is 13.0. The summed E-state index contributed by atoms with van der Waals surface area (Å²) in [4.78, 5) is 5.16. The third-order valence-electron chi connectivity index (χ3n) is 15.7. The van der Waals surface area contributed by atoms with Crippen LogP contribution in [-0.4, -0.2) is 0 Å². The van der Waals surface area contributed by atoms with Crippen molar-refractivity contribution >= 4 is 44.9 Å². The largest absolute Gasteiger partial charge is 0.310 e. The summed E-state index contributed by atoms with van der Waals surface area (Å²) in [7, 11) is 0. The minimum Gasteiger partial charge on any atom is -0.310 e. The van der Waals surface area contributed by atoms with Crippen molar-refractivity contribution in [3.05, 3.63) is 240 Å². The average Bonchev–Trinajstić information content (AvgIpc) is 4.04. The van der Waals surface area contributed by atoms with E-state index in [4.69, 9.17) is 0 Å². The molecular weight excluding hydrogens is 773 g/mol. The first-order chi connectivity index (χ1) is 31.5. The Balaban J connectivity index is 0.996. The topological polar surface area (TPSA) is 6.48 Å². The Morgan fingerprint density at radius 2 is 0.906 bits per heavy atom. The monoisotopic (exact) mass is 822 g/mol. The maximum Gasteiger partial charge on any atom is 0.0505 e. The highest BCUT2D eigenvalue weighted by atomic mass is 15.2. The Bertz CT molecular complexity index is 3270. The van der Waals surface area contributed by atoms with Crippen LogP contribution >= 0.6 is 0 Å². The normalized spacial score (nSPS) is 19.3. The highest BCUT2D eigenvalue weighted by molar-refractivity contribution is 5.91. The molecule has 0 amide bonds. The maximum atomic E-state index is 2.60. The molecule has 0 heterocycles. The first-order valence-corrected chi connectivity index (χ1v) is 23.3. The van der Waals surface area contributed by atoms with Crippen LogP contribution in [0.15, 0.2) is 206 Å². The molecule has 0 aliphatic heterocycles. The van der Waals surface area contributed by atoms with Crippen molar-refractivity contribution in [1.29, 1.82) is 0 Å². The molecule has 0 saturated heterocycles. The van der Waals surface area contributed by atoms with Crippen LogP contribution in [0.2, 0.25) is 0 Å². The van der Waals surface area contributed by atoms with E-state index >= 15 is 0 Å². The van der Waals surface area contributed by atoms with Crippen LogP contribution in [-0.2, 0) is 23.7 Å². The number of hydrogen-bond acceptors (Lipinski definition) is 2. The van der Waals surface area contributed by atoms with Crippen molar-refractivity contribution in [3.63, 3.8) is 0 Å². The predicted octanol–water partition coefficient (Wildman–Crippen LogP) is 16.2. The van der Waals surface area contributed by atoms with Crippen molar-refractivity contribution < 1.29 is 0 Å². The highest BCUT2D eigenvalue weighted by Crippen LogP contribution is 2.69. The Morgan fingerprint density at radius 3 is 1.56 bits per heavy atom. The van der Waals surface area contributed by atoms with Gasteiger partial charge in [-0.3, -0.25) is 0 Å². The van der Waals surface area contributed by atoms with Crippen LogP contribution in [0.4, 0.5) is 34.1 Å². The third kappa shape index (κ3) is 5.38. The van der Waals surface area contributed by atoms with Crippen LogP contribution in [0.3, 0.4) is 0 Å². The molecule has 3 atom stereocenters. The lowest BCUT2D eigenvalue weighted by atomic mass is 9.68. The molecule has 0 bridgehead atoms. The molecule has 1 spiro atoms. The molecule has 0 aromatic heterocycles. The van der Waals surface area contributed by atoms with E-state index in [1.54, 1.807) is 5.56 Å². The minimum atomic E-state index is -0.130. The minimum absolute atomic E-state index is 0.100. The third-order valence-corrected chi connectivity index (χ3v) is 15.7. The van der Waals surface area contributed by atoms with Crippen molar-refractivity contribution in [2.45, 2.75) is 50.4 Å². The molecule has 64 heavy (non-hydrogen) atoms. The number of hydrogen-bond donors (Lipinski definition) is 0. The van der Waals surface area contributed by atoms with Gasteiger partial charge in [0.1, 0.15) is 0 Å². The number of benzene rings is 9. The van der Waals surface area contributed by atoms with Crippen molar-refractivity contribution in [1.82, 2.24) is 0 Å². The van der Waals surface area contributed by atoms with E-state index < -0.39 is 0 Å². The van der Waals surface area contributed by atoms with Gasteiger partial charge in [0.2, 0.25) is 0 Å². The smallest absolute Gasteiger partial charge is 0.0505 e. The van der Waals surface area contributed by atoms with Gasteiger partial charge in [0.25, 0.3) is 0 Å². The van der Waals surface area contributed by atoms with Crippen LogP contribution in [0.25, 0.3) is 33.0 Å². The standard InChI is InChI=1S/C62H50N2/c1-61(2)55-24-12-11-23-53(55)54-36-35-52(40-56(54)61)64(50-21-7-4-8-22-50)58-26-14-18-46-39-48-32-31-47-38-45-17-13-25-57(59(45)62(47,48)60(46)58)63(49-19-5-3-6-20-49)51-33-29-42(30-34-51)44-28-27-41-15-9-10-16-43(41)37-44/h3-30,33-37,40,47-48H,31-32,38-39H2,1-2H3. The molecule has 9 aromatic rings. The molecule has 0 radical (unpaired) electrons. The van der Waals surface area contributed by atoms with Crippen molar-refractivity contribution in [2.24, 2.45) is 11.8 Å². The van der Waals surface area contributed by atoms with E-state index in [2.05, 4.69) is 230 Å². The van der Waals surface area contributed by atoms with Gasteiger partial charge in [0.15, 0.2) is 0 Å². The lowest BCUT2D eigenvalue weighted by Gasteiger charge is -2.40. The fourth-order valence-electron chi connectivity index (χ4n) is 13.0. The van der Waals surface area contributed by atoms with Crippen molar-refractivity contribution in [2.75, 3.05) is 9.80 Å². The second-order valence-corrected chi connectivity index (χ2v) is 19.2. The maximum absolute atomic E-state index is 2.60. The summed E-state index contributed by atoms with van der Waals surface area (Å²) in [6.45, 7) is 4.79. The summed E-state index contributed by atoms with van der Waals surface area (Å²) in [6.07, 6.45) is 4.70. The molecule has 1 fully saturated rings. The van der Waals surface area contributed by atoms with Crippen LogP contribution in [0, 0.1) is 11.8 Å². The first-order valence-electron chi connectivity index (χ1n) is 23.3. The molecule has 2 nitrogen and oxygen atoms in total. The summed E-state index contributed by atoms with van der Waals surface area (Å²) in [5, 5.41) is 2.53. The molecule has 0 N–H and O–H groups in total. The predicted molar refractivity (Wildman–Crippen MR) is 267 cm³/mol. The first kappa shape index (κ1) is 37.4. The van der Waals surface area contributed by atoms with E-state index in [1.807, 2.05) is 0 Å². The van der Waals surface area contributed by atoms with Gasteiger partial charge in [-0.1, -0.05) is 153 Å². The van der Waals surface area contributed by atoms with E-state index in [-0.39, 0.29) is 10.8 Å². The van der Waals surface area contributed by atoms with E-state index in [0.717, 1.165) is 12.8 Å². The molecule has 308 valence electrons. The fraction of sp³-hybridized carbons (Fsp3) is 0.161. The van der Waals surface area contributed by atoms with Gasteiger partial charge in [-0.05, 0) is 171 Å². The zero-order valence-corrected chi connectivity index (χ0v) is 36.5. The average molecular weight is 823 g/mol. The Labute approximate surface area is 377 Å².